The smallest absolute Gasteiger partial charge is 0.306 e. The molecular formula is C14H26NO2. The van der Waals surface area contributed by atoms with E-state index in [-0.39, 0.29) is 12.1 Å². The average Bonchev–Trinajstić information content (AvgIpc) is 2.80. The highest BCUT2D eigenvalue weighted by Gasteiger charge is 2.18. The number of nitrogens with one attached hydrogen (secondary N) is 1. The van der Waals surface area contributed by atoms with Crippen LogP contribution in [0.15, 0.2) is 0 Å². The Kier molecular flexibility index (Phi) is 8.06. The van der Waals surface area contributed by atoms with Crippen molar-refractivity contribution in [3.05, 3.63) is 6.54 Å². The summed E-state index contributed by atoms with van der Waals surface area (Å²) in [7, 11) is 0. The third-order valence-corrected chi connectivity index (χ3v) is 3.15. The maximum atomic E-state index is 11.5. The summed E-state index contributed by atoms with van der Waals surface area (Å²) in [5.41, 5.74) is 0. The molecule has 1 heterocycles. The number of hydrogen-bond donors (Lipinski definition) is 1. The van der Waals surface area contributed by atoms with Gasteiger partial charge in [0.1, 0.15) is 6.10 Å². The Hall–Kier alpha value is -0.570. The molecule has 1 rings (SSSR count). The zero-order valence-electron chi connectivity index (χ0n) is 11.0. The van der Waals surface area contributed by atoms with Crippen LogP contribution in [0, 0.1) is 6.54 Å². The third kappa shape index (κ3) is 7.37. The van der Waals surface area contributed by atoms with Gasteiger partial charge in [0, 0.05) is 25.9 Å². The Labute approximate surface area is 105 Å². The van der Waals surface area contributed by atoms with Gasteiger partial charge in [0.05, 0.1) is 0 Å². The van der Waals surface area contributed by atoms with Crippen LogP contribution in [-0.4, -0.2) is 18.6 Å². The first kappa shape index (κ1) is 14.5. The number of rotatable bonds is 9. The van der Waals surface area contributed by atoms with E-state index < -0.39 is 0 Å². The Balaban J connectivity index is 1.86. The van der Waals surface area contributed by atoms with Crippen LogP contribution in [-0.2, 0) is 9.53 Å². The van der Waals surface area contributed by atoms with E-state index in [1.807, 2.05) is 6.54 Å². The van der Waals surface area contributed by atoms with E-state index in [0.717, 1.165) is 25.8 Å². The summed E-state index contributed by atoms with van der Waals surface area (Å²) in [4.78, 5) is 11.5. The molecule has 3 heteroatoms. The summed E-state index contributed by atoms with van der Waals surface area (Å²) >= 11 is 0. The first-order valence-corrected chi connectivity index (χ1v) is 7.07. The largest absolute Gasteiger partial charge is 0.461 e. The Bertz CT molecular complexity index is 200. The number of ether oxygens (including phenoxy) is 1. The molecule has 0 aliphatic carbocycles. The maximum Gasteiger partial charge on any atom is 0.306 e. The van der Waals surface area contributed by atoms with Crippen molar-refractivity contribution in [3.8, 4) is 0 Å². The monoisotopic (exact) mass is 240 g/mol. The molecule has 1 radical (unpaired) electrons. The van der Waals surface area contributed by atoms with Crippen molar-refractivity contribution in [2.45, 2.75) is 70.8 Å². The van der Waals surface area contributed by atoms with E-state index in [9.17, 15) is 4.79 Å². The van der Waals surface area contributed by atoms with E-state index in [1.54, 1.807) is 0 Å². The summed E-state index contributed by atoms with van der Waals surface area (Å²) in [6.45, 7) is 4.97. The van der Waals surface area contributed by atoms with Crippen LogP contribution in [0.1, 0.15) is 64.7 Å². The molecule has 0 aromatic rings. The number of carbonyl (C=O) groups excluding carboxylic acids is 1. The summed E-state index contributed by atoms with van der Waals surface area (Å²) in [5.74, 6) is -0.0272. The number of hydrogen-bond acceptors (Lipinski definition) is 3. The molecule has 0 bridgehead atoms. The van der Waals surface area contributed by atoms with Crippen LogP contribution in [0.5, 0.6) is 0 Å². The molecule has 1 aliphatic rings. The van der Waals surface area contributed by atoms with Crippen molar-refractivity contribution < 1.29 is 9.53 Å². The van der Waals surface area contributed by atoms with Crippen molar-refractivity contribution in [1.29, 1.82) is 0 Å². The number of unbranched alkanes of at least 4 members (excludes halogenated alkanes) is 6. The molecule has 0 amide bonds. The summed E-state index contributed by atoms with van der Waals surface area (Å²) in [6, 6.07) is 0. The quantitative estimate of drug-likeness (QED) is 0.497. The minimum atomic E-state index is -0.0272. The fourth-order valence-electron chi connectivity index (χ4n) is 2.07. The zero-order chi connectivity index (χ0) is 12.3. The van der Waals surface area contributed by atoms with Crippen LogP contribution in [0.2, 0.25) is 0 Å². The maximum absolute atomic E-state index is 11.5. The predicted octanol–water partition coefficient (Wildman–Crippen LogP) is 3.19. The summed E-state index contributed by atoms with van der Waals surface area (Å²) < 4.78 is 5.32. The predicted molar refractivity (Wildman–Crippen MR) is 69.4 cm³/mol. The molecule has 0 aromatic carbocycles. The molecule has 17 heavy (non-hydrogen) atoms. The van der Waals surface area contributed by atoms with E-state index >= 15 is 0 Å². The van der Waals surface area contributed by atoms with E-state index in [0.29, 0.717) is 6.42 Å². The van der Waals surface area contributed by atoms with Gasteiger partial charge >= 0.3 is 5.97 Å². The van der Waals surface area contributed by atoms with Crippen LogP contribution in [0.4, 0.5) is 0 Å². The zero-order valence-corrected chi connectivity index (χ0v) is 11.0. The molecule has 1 fully saturated rings. The fourth-order valence-corrected chi connectivity index (χ4v) is 2.07. The fraction of sp³-hybridized carbons (Fsp3) is 0.857. The van der Waals surface area contributed by atoms with Crippen LogP contribution >= 0.6 is 0 Å². The molecule has 1 unspecified atom stereocenters. The molecule has 0 spiro atoms. The van der Waals surface area contributed by atoms with Crippen LogP contribution in [0.3, 0.4) is 0 Å². The van der Waals surface area contributed by atoms with Gasteiger partial charge in [-0.2, -0.15) is 0 Å². The molecule has 1 atom stereocenters. The van der Waals surface area contributed by atoms with Gasteiger partial charge in [0.25, 0.3) is 0 Å². The van der Waals surface area contributed by atoms with Crippen molar-refractivity contribution in [3.63, 3.8) is 0 Å². The van der Waals surface area contributed by atoms with Gasteiger partial charge in [0.2, 0.25) is 0 Å². The standard InChI is InChI=1S/C14H26NO2/c1-2-3-4-5-6-7-8-9-14(16)17-13-10-11-15-12-13/h11,13,15H,2-10,12H2,1H3. The lowest BCUT2D eigenvalue weighted by atomic mass is 10.1. The second-order valence-electron chi connectivity index (χ2n) is 4.83. The Morgan fingerprint density at radius 1 is 1.24 bits per heavy atom. The second kappa shape index (κ2) is 9.46. The van der Waals surface area contributed by atoms with Gasteiger partial charge in [-0.25, -0.2) is 0 Å². The lowest BCUT2D eigenvalue weighted by Crippen LogP contribution is -2.20. The summed E-state index contributed by atoms with van der Waals surface area (Å²) in [6.07, 6.45) is 10.2. The second-order valence-corrected chi connectivity index (χ2v) is 4.83. The SMILES string of the molecule is CCCCCCCCCC(=O)OC1C[CH]NC1. The topological polar surface area (TPSA) is 38.3 Å². The van der Waals surface area contributed by atoms with Crippen molar-refractivity contribution in [2.24, 2.45) is 0 Å². The lowest BCUT2D eigenvalue weighted by molar-refractivity contribution is -0.148. The Morgan fingerprint density at radius 3 is 2.59 bits per heavy atom. The molecule has 99 valence electrons. The molecule has 0 aromatic heterocycles. The van der Waals surface area contributed by atoms with Gasteiger partial charge in [0.15, 0.2) is 0 Å². The number of esters is 1. The highest BCUT2D eigenvalue weighted by Crippen LogP contribution is 2.11. The highest BCUT2D eigenvalue weighted by atomic mass is 16.5. The molecule has 1 N–H and O–H groups in total. The Morgan fingerprint density at radius 2 is 1.94 bits per heavy atom. The third-order valence-electron chi connectivity index (χ3n) is 3.15. The molecule has 0 saturated carbocycles. The highest BCUT2D eigenvalue weighted by molar-refractivity contribution is 5.69. The average molecular weight is 240 g/mol. The molecular weight excluding hydrogens is 214 g/mol. The van der Waals surface area contributed by atoms with Gasteiger partial charge in [-0.05, 0) is 6.42 Å². The molecule has 1 saturated heterocycles. The first-order chi connectivity index (χ1) is 8.33. The van der Waals surface area contributed by atoms with Crippen molar-refractivity contribution in [1.82, 2.24) is 5.32 Å². The minimum absolute atomic E-state index is 0.0272. The number of carbonyl (C=O) groups is 1. The lowest BCUT2D eigenvalue weighted by Gasteiger charge is -2.10. The summed E-state index contributed by atoms with van der Waals surface area (Å²) in [5, 5.41) is 3.07. The van der Waals surface area contributed by atoms with Gasteiger partial charge < -0.3 is 10.1 Å². The minimum Gasteiger partial charge on any atom is -0.461 e. The van der Waals surface area contributed by atoms with Crippen molar-refractivity contribution in [2.75, 3.05) is 6.54 Å². The van der Waals surface area contributed by atoms with Gasteiger partial charge in [-0.15, -0.1) is 0 Å². The normalized spacial score (nSPS) is 19.5. The van der Waals surface area contributed by atoms with Crippen LogP contribution < -0.4 is 5.32 Å². The van der Waals surface area contributed by atoms with E-state index in [2.05, 4.69) is 12.2 Å². The van der Waals surface area contributed by atoms with Gasteiger partial charge in [-0.3, -0.25) is 4.79 Å². The van der Waals surface area contributed by atoms with Gasteiger partial charge in [-0.1, -0.05) is 45.4 Å². The van der Waals surface area contributed by atoms with Crippen molar-refractivity contribution >= 4 is 5.97 Å². The molecule has 1 aliphatic heterocycles. The molecule has 3 nitrogen and oxygen atoms in total. The van der Waals surface area contributed by atoms with Crippen LogP contribution in [0.25, 0.3) is 0 Å². The van der Waals surface area contributed by atoms with E-state index in [4.69, 9.17) is 4.74 Å². The van der Waals surface area contributed by atoms with E-state index in [1.165, 1.54) is 32.1 Å². The first-order valence-electron chi connectivity index (χ1n) is 7.07.